The predicted octanol–water partition coefficient (Wildman–Crippen LogP) is 1.63. The van der Waals surface area contributed by atoms with Gasteiger partial charge in [-0.05, 0) is 12.5 Å². The monoisotopic (exact) mass is 262 g/mol. The van der Waals surface area contributed by atoms with Crippen LogP contribution in [0.25, 0.3) is 0 Å². The lowest BCUT2D eigenvalue weighted by Crippen LogP contribution is -2.14. The van der Waals surface area contributed by atoms with Gasteiger partial charge in [0, 0.05) is 0 Å². The summed E-state index contributed by atoms with van der Waals surface area (Å²) >= 11 is 0. The van der Waals surface area contributed by atoms with E-state index < -0.39 is 13.9 Å². The molecule has 0 spiro atoms. The second-order valence-corrected chi connectivity index (χ2v) is 4.63. The Kier molecular flexibility index (Phi) is 5.77. The lowest BCUT2D eigenvalue weighted by molar-refractivity contribution is -0.312. The molecule has 1 rings (SSSR count). The zero-order chi connectivity index (χ0) is 12.7. The SMILES string of the molecule is CC(COOCc1ccccc1)OP(=O)(O)O. The van der Waals surface area contributed by atoms with Crippen LogP contribution in [0.2, 0.25) is 0 Å². The topological polar surface area (TPSA) is 85.2 Å². The Balaban J connectivity index is 2.14. The Morgan fingerprint density at radius 1 is 1.24 bits per heavy atom. The van der Waals surface area contributed by atoms with Gasteiger partial charge in [-0.25, -0.2) is 14.3 Å². The highest BCUT2D eigenvalue weighted by molar-refractivity contribution is 7.46. The van der Waals surface area contributed by atoms with Gasteiger partial charge < -0.3 is 9.79 Å². The van der Waals surface area contributed by atoms with Crippen molar-refractivity contribution in [3.05, 3.63) is 35.9 Å². The number of phosphoric acid groups is 1. The Morgan fingerprint density at radius 2 is 1.88 bits per heavy atom. The summed E-state index contributed by atoms with van der Waals surface area (Å²) in [4.78, 5) is 26.7. The maximum absolute atomic E-state index is 10.5. The van der Waals surface area contributed by atoms with E-state index in [4.69, 9.17) is 19.6 Å². The fourth-order valence-corrected chi connectivity index (χ4v) is 1.62. The van der Waals surface area contributed by atoms with Crippen LogP contribution in [0, 0.1) is 0 Å². The molecule has 1 aromatic carbocycles. The molecule has 0 fully saturated rings. The minimum atomic E-state index is -4.46. The zero-order valence-electron chi connectivity index (χ0n) is 9.35. The summed E-state index contributed by atoms with van der Waals surface area (Å²) in [6.45, 7) is 1.69. The Labute approximate surface area is 99.3 Å². The Morgan fingerprint density at radius 3 is 2.47 bits per heavy atom. The van der Waals surface area contributed by atoms with Gasteiger partial charge in [0.25, 0.3) is 0 Å². The van der Waals surface area contributed by atoms with Crippen molar-refractivity contribution >= 4 is 7.82 Å². The van der Waals surface area contributed by atoms with Gasteiger partial charge in [-0.2, -0.15) is 0 Å². The molecule has 0 amide bonds. The molecule has 96 valence electrons. The molecule has 2 N–H and O–H groups in total. The third-order valence-electron chi connectivity index (χ3n) is 1.77. The lowest BCUT2D eigenvalue weighted by Gasteiger charge is -2.12. The van der Waals surface area contributed by atoms with Crippen molar-refractivity contribution in [3.8, 4) is 0 Å². The van der Waals surface area contributed by atoms with Gasteiger partial charge in [0.05, 0.1) is 6.10 Å². The van der Waals surface area contributed by atoms with Crippen LogP contribution in [-0.4, -0.2) is 22.5 Å². The molecule has 0 bridgehead atoms. The maximum atomic E-state index is 10.5. The van der Waals surface area contributed by atoms with Crippen molar-refractivity contribution in [1.82, 2.24) is 0 Å². The van der Waals surface area contributed by atoms with E-state index >= 15 is 0 Å². The minimum absolute atomic E-state index is 0.0576. The van der Waals surface area contributed by atoms with Crippen LogP contribution in [-0.2, 0) is 25.5 Å². The third-order valence-corrected chi connectivity index (χ3v) is 2.41. The third kappa shape index (κ3) is 7.23. The molecule has 6 nitrogen and oxygen atoms in total. The maximum Gasteiger partial charge on any atom is 0.469 e. The molecule has 0 aliphatic heterocycles. The Hall–Kier alpha value is -0.750. The number of hydrogen-bond donors (Lipinski definition) is 2. The summed E-state index contributed by atoms with van der Waals surface area (Å²) in [6.07, 6.45) is -0.744. The van der Waals surface area contributed by atoms with Crippen molar-refractivity contribution < 1.29 is 28.7 Å². The molecule has 0 radical (unpaired) electrons. The van der Waals surface area contributed by atoms with E-state index in [-0.39, 0.29) is 13.2 Å². The summed E-state index contributed by atoms with van der Waals surface area (Å²) < 4.78 is 14.8. The first-order valence-electron chi connectivity index (χ1n) is 4.99. The quantitative estimate of drug-likeness (QED) is 0.336. The normalized spacial score (nSPS) is 13.6. The van der Waals surface area contributed by atoms with Crippen LogP contribution in [0.4, 0.5) is 0 Å². The second kappa shape index (κ2) is 6.86. The van der Waals surface area contributed by atoms with Crippen molar-refractivity contribution in [2.75, 3.05) is 6.61 Å². The molecule has 1 aromatic rings. The van der Waals surface area contributed by atoms with Crippen molar-refractivity contribution in [1.29, 1.82) is 0 Å². The van der Waals surface area contributed by atoms with Gasteiger partial charge in [0.15, 0.2) is 0 Å². The first kappa shape index (κ1) is 14.3. The summed E-state index contributed by atoms with van der Waals surface area (Å²) in [5, 5.41) is 0. The smallest absolute Gasteiger partial charge is 0.303 e. The molecule has 1 atom stereocenters. The van der Waals surface area contributed by atoms with Crippen LogP contribution >= 0.6 is 7.82 Å². The number of benzene rings is 1. The van der Waals surface area contributed by atoms with E-state index in [0.717, 1.165) is 5.56 Å². The van der Waals surface area contributed by atoms with Crippen LogP contribution in [0.5, 0.6) is 0 Å². The standard InChI is InChI=1S/C10H15O6P/c1-9(16-17(11,12)13)7-14-15-8-10-5-3-2-4-6-10/h2-6,9H,7-8H2,1H3,(H2,11,12,13). The highest BCUT2D eigenvalue weighted by Crippen LogP contribution is 2.37. The van der Waals surface area contributed by atoms with E-state index in [1.165, 1.54) is 6.92 Å². The summed E-state index contributed by atoms with van der Waals surface area (Å²) in [6, 6.07) is 9.38. The molecule has 17 heavy (non-hydrogen) atoms. The molecule has 1 unspecified atom stereocenters. The van der Waals surface area contributed by atoms with Crippen LogP contribution in [0.15, 0.2) is 30.3 Å². The van der Waals surface area contributed by atoms with Crippen LogP contribution < -0.4 is 0 Å². The van der Waals surface area contributed by atoms with Gasteiger partial charge in [-0.1, -0.05) is 30.3 Å². The molecule has 0 heterocycles. The van der Waals surface area contributed by atoms with E-state index in [1.807, 2.05) is 30.3 Å². The zero-order valence-corrected chi connectivity index (χ0v) is 10.2. The summed E-state index contributed by atoms with van der Waals surface area (Å²) in [5.74, 6) is 0. The van der Waals surface area contributed by atoms with Gasteiger partial charge in [0.2, 0.25) is 0 Å². The fraction of sp³-hybridized carbons (Fsp3) is 0.400. The van der Waals surface area contributed by atoms with E-state index in [2.05, 4.69) is 4.52 Å². The van der Waals surface area contributed by atoms with Gasteiger partial charge in [-0.3, -0.25) is 4.52 Å². The number of phosphoric ester groups is 1. The molecule has 0 aliphatic carbocycles. The van der Waals surface area contributed by atoms with Gasteiger partial charge in [-0.15, -0.1) is 0 Å². The number of rotatable bonds is 7. The molecule has 7 heteroatoms. The molecule has 0 saturated heterocycles. The van der Waals surface area contributed by atoms with Gasteiger partial charge >= 0.3 is 7.82 Å². The van der Waals surface area contributed by atoms with E-state index in [9.17, 15) is 4.57 Å². The van der Waals surface area contributed by atoms with Crippen molar-refractivity contribution in [2.24, 2.45) is 0 Å². The van der Waals surface area contributed by atoms with Crippen LogP contribution in [0.3, 0.4) is 0 Å². The molecular formula is C10H15O6P. The first-order chi connectivity index (χ1) is 7.97. The Bertz CT molecular complexity index is 362. The average molecular weight is 262 g/mol. The molecular weight excluding hydrogens is 247 g/mol. The molecule has 0 saturated carbocycles. The van der Waals surface area contributed by atoms with E-state index in [0.29, 0.717) is 0 Å². The minimum Gasteiger partial charge on any atom is -0.303 e. The second-order valence-electron chi connectivity index (χ2n) is 3.44. The predicted molar refractivity (Wildman–Crippen MR) is 59.8 cm³/mol. The molecule has 0 aliphatic rings. The van der Waals surface area contributed by atoms with Crippen LogP contribution in [0.1, 0.15) is 12.5 Å². The fourth-order valence-electron chi connectivity index (χ4n) is 1.09. The van der Waals surface area contributed by atoms with E-state index in [1.54, 1.807) is 0 Å². The largest absolute Gasteiger partial charge is 0.469 e. The summed E-state index contributed by atoms with van der Waals surface area (Å²) in [5.41, 5.74) is 0.941. The lowest BCUT2D eigenvalue weighted by atomic mass is 10.2. The number of hydrogen-bond acceptors (Lipinski definition) is 4. The highest BCUT2D eigenvalue weighted by Gasteiger charge is 2.18. The molecule has 0 aromatic heterocycles. The van der Waals surface area contributed by atoms with Crippen molar-refractivity contribution in [3.63, 3.8) is 0 Å². The van der Waals surface area contributed by atoms with Gasteiger partial charge in [0.1, 0.15) is 13.2 Å². The summed E-state index contributed by atoms with van der Waals surface area (Å²) in [7, 11) is -4.46. The highest BCUT2D eigenvalue weighted by atomic mass is 31.2. The first-order valence-corrected chi connectivity index (χ1v) is 6.52. The van der Waals surface area contributed by atoms with Crippen molar-refractivity contribution in [2.45, 2.75) is 19.6 Å². The average Bonchev–Trinajstić information content (AvgIpc) is 2.23.